The first-order valence-electron chi connectivity index (χ1n) is 8.54. The molecule has 1 fully saturated rings. The third kappa shape index (κ3) is 2.87. The number of benzene rings is 2. The smallest absolute Gasteiger partial charge is 0.194 e. The third-order valence-electron chi connectivity index (χ3n) is 4.85. The molecule has 2 atom stereocenters. The summed E-state index contributed by atoms with van der Waals surface area (Å²) < 4.78 is 18.3. The molecule has 0 saturated carbocycles. The van der Waals surface area contributed by atoms with Crippen LogP contribution in [0.2, 0.25) is 0 Å². The lowest BCUT2D eigenvalue weighted by atomic mass is 10.0. The first kappa shape index (κ1) is 15.5. The monoisotopic (exact) mass is 325 g/mol. The van der Waals surface area contributed by atoms with Crippen molar-refractivity contribution in [1.29, 1.82) is 0 Å². The summed E-state index contributed by atoms with van der Waals surface area (Å²) in [5.41, 5.74) is 3.57. The van der Waals surface area contributed by atoms with E-state index < -0.39 is 0 Å². The predicted molar refractivity (Wildman–Crippen MR) is 92.5 cm³/mol. The summed E-state index contributed by atoms with van der Waals surface area (Å²) >= 11 is 0. The Bertz CT molecular complexity index is 710. The van der Waals surface area contributed by atoms with E-state index in [-0.39, 0.29) is 12.3 Å². The number of fused-ring (bicyclic) bond motifs is 1. The molecule has 24 heavy (non-hydrogen) atoms. The number of nitrogens with zero attached hydrogens (tertiary/aromatic N) is 1. The Hall–Kier alpha value is -2.04. The van der Waals surface area contributed by atoms with Gasteiger partial charge in [0.1, 0.15) is 0 Å². The summed E-state index contributed by atoms with van der Waals surface area (Å²) in [4.78, 5) is 2.32. The average molecular weight is 325 g/mol. The molecule has 0 amide bonds. The molecule has 2 aromatic rings. The van der Waals surface area contributed by atoms with Gasteiger partial charge in [-0.25, -0.2) is 0 Å². The van der Waals surface area contributed by atoms with Crippen LogP contribution in [0.15, 0.2) is 42.5 Å². The van der Waals surface area contributed by atoms with E-state index in [1.54, 1.807) is 0 Å². The Labute approximate surface area is 142 Å². The Kier molecular flexibility index (Phi) is 4.17. The normalized spacial score (nSPS) is 23.9. The van der Waals surface area contributed by atoms with Crippen molar-refractivity contribution in [2.75, 3.05) is 26.3 Å². The summed E-state index contributed by atoms with van der Waals surface area (Å²) in [5.74, 6) is 1.67. The quantitative estimate of drug-likeness (QED) is 0.846. The van der Waals surface area contributed by atoms with E-state index in [2.05, 4.69) is 43.0 Å². The fourth-order valence-corrected chi connectivity index (χ4v) is 3.31. The number of hydrogen-bond acceptors (Lipinski definition) is 4. The standard InChI is InChI=1S/C20H23NO3/c1-14-12-17-18(13-15(14)2)24-20(21-8-10-22-11-9-21)19(23-17)16-6-4-3-5-7-16/h3-7,12-13,19-20H,8-11H2,1-2H3. The van der Waals surface area contributed by atoms with Crippen LogP contribution in [0.3, 0.4) is 0 Å². The molecule has 0 aromatic heterocycles. The molecule has 2 aliphatic rings. The molecule has 2 aromatic carbocycles. The van der Waals surface area contributed by atoms with E-state index in [0.29, 0.717) is 0 Å². The largest absolute Gasteiger partial charge is 0.476 e. The molecule has 0 N–H and O–H groups in total. The minimum Gasteiger partial charge on any atom is -0.476 e. The first-order chi connectivity index (χ1) is 11.7. The highest BCUT2D eigenvalue weighted by atomic mass is 16.6. The van der Waals surface area contributed by atoms with E-state index in [1.807, 2.05) is 18.2 Å². The van der Waals surface area contributed by atoms with E-state index in [1.165, 1.54) is 11.1 Å². The first-order valence-corrected chi connectivity index (χ1v) is 8.54. The molecular formula is C20H23NO3. The molecule has 126 valence electrons. The van der Waals surface area contributed by atoms with Crippen LogP contribution >= 0.6 is 0 Å². The zero-order valence-electron chi connectivity index (χ0n) is 14.2. The Morgan fingerprint density at radius 1 is 0.875 bits per heavy atom. The van der Waals surface area contributed by atoms with E-state index >= 15 is 0 Å². The van der Waals surface area contributed by atoms with Gasteiger partial charge in [0, 0.05) is 13.1 Å². The van der Waals surface area contributed by atoms with Gasteiger partial charge in [-0.1, -0.05) is 30.3 Å². The molecule has 2 unspecified atom stereocenters. The second-order valence-corrected chi connectivity index (χ2v) is 6.49. The van der Waals surface area contributed by atoms with Crippen molar-refractivity contribution in [3.05, 3.63) is 59.2 Å². The van der Waals surface area contributed by atoms with Gasteiger partial charge in [-0.05, 0) is 42.7 Å². The summed E-state index contributed by atoms with van der Waals surface area (Å²) in [5, 5.41) is 0. The van der Waals surface area contributed by atoms with Gasteiger partial charge in [0.15, 0.2) is 23.8 Å². The molecule has 4 rings (SSSR count). The van der Waals surface area contributed by atoms with Gasteiger partial charge in [0.2, 0.25) is 0 Å². The number of hydrogen-bond donors (Lipinski definition) is 0. The summed E-state index contributed by atoms with van der Waals surface area (Å²) in [7, 11) is 0. The molecule has 0 radical (unpaired) electrons. The zero-order valence-corrected chi connectivity index (χ0v) is 14.2. The van der Waals surface area contributed by atoms with Gasteiger partial charge in [0.25, 0.3) is 0 Å². The minimum absolute atomic E-state index is 0.133. The van der Waals surface area contributed by atoms with Gasteiger partial charge in [-0.15, -0.1) is 0 Å². The van der Waals surface area contributed by atoms with E-state index in [9.17, 15) is 0 Å². The van der Waals surface area contributed by atoms with E-state index in [0.717, 1.165) is 43.4 Å². The van der Waals surface area contributed by atoms with Crippen LogP contribution < -0.4 is 9.47 Å². The Morgan fingerprint density at radius 3 is 2.17 bits per heavy atom. The van der Waals surface area contributed by atoms with Crippen molar-refractivity contribution in [3.63, 3.8) is 0 Å². The maximum atomic E-state index is 6.42. The van der Waals surface area contributed by atoms with Crippen LogP contribution in [0.4, 0.5) is 0 Å². The topological polar surface area (TPSA) is 30.9 Å². The van der Waals surface area contributed by atoms with Crippen molar-refractivity contribution >= 4 is 0 Å². The van der Waals surface area contributed by atoms with Gasteiger partial charge < -0.3 is 14.2 Å². The fourth-order valence-electron chi connectivity index (χ4n) is 3.31. The van der Waals surface area contributed by atoms with Crippen LogP contribution in [-0.2, 0) is 4.74 Å². The van der Waals surface area contributed by atoms with Gasteiger partial charge in [-0.3, -0.25) is 4.90 Å². The lowest BCUT2D eigenvalue weighted by molar-refractivity contribution is -0.109. The van der Waals surface area contributed by atoms with Crippen molar-refractivity contribution in [2.24, 2.45) is 0 Å². The molecule has 1 saturated heterocycles. The molecule has 4 heteroatoms. The molecule has 4 nitrogen and oxygen atoms in total. The van der Waals surface area contributed by atoms with Crippen LogP contribution in [-0.4, -0.2) is 37.4 Å². The van der Waals surface area contributed by atoms with Crippen molar-refractivity contribution in [2.45, 2.75) is 26.2 Å². The number of ether oxygens (including phenoxy) is 3. The molecule has 0 aliphatic carbocycles. The molecule has 0 spiro atoms. The Balaban J connectivity index is 1.72. The highest BCUT2D eigenvalue weighted by molar-refractivity contribution is 5.48. The van der Waals surface area contributed by atoms with Gasteiger partial charge in [0.05, 0.1) is 13.2 Å². The number of aryl methyl sites for hydroxylation is 2. The van der Waals surface area contributed by atoms with Crippen molar-refractivity contribution in [3.8, 4) is 11.5 Å². The maximum absolute atomic E-state index is 6.42. The van der Waals surface area contributed by atoms with Crippen LogP contribution in [0.5, 0.6) is 11.5 Å². The second-order valence-electron chi connectivity index (χ2n) is 6.49. The maximum Gasteiger partial charge on any atom is 0.194 e. The second kappa shape index (κ2) is 6.46. The number of morpholine rings is 1. The van der Waals surface area contributed by atoms with Crippen molar-refractivity contribution < 1.29 is 14.2 Å². The fraction of sp³-hybridized carbons (Fsp3) is 0.400. The third-order valence-corrected chi connectivity index (χ3v) is 4.85. The summed E-state index contributed by atoms with van der Waals surface area (Å²) in [6.07, 6.45) is -0.273. The lowest BCUT2D eigenvalue weighted by Gasteiger charge is -2.42. The van der Waals surface area contributed by atoms with Crippen LogP contribution in [0, 0.1) is 13.8 Å². The highest BCUT2D eigenvalue weighted by Gasteiger charge is 2.38. The van der Waals surface area contributed by atoms with Crippen LogP contribution in [0.1, 0.15) is 22.8 Å². The van der Waals surface area contributed by atoms with Crippen molar-refractivity contribution in [1.82, 2.24) is 4.90 Å². The average Bonchev–Trinajstić information content (AvgIpc) is 2.63. The summed E-state index contributed by atoms with van der Waals surface area (Å²) in [6.45, 7) is 7.40. The molecular weight excluding hydrogens is 302 g/mol. The number of rotatable bonds is 2. The van der Waals surface area contributed by atoms with Gasteiger partial charge >= 0.3 is 0 Å². The Morgan fingerprint density at radius 2 is 1.50 bits per heavy atom. The lowest BCUT2D eigenvalue weighted by Crippen LogP contribution is -2.51. The van der Waals surface area contributed by atoms with E-state index in [4.69, 9.17) is 14.2 Å². The molecule has 2 heterocycles. The van der Waals surface area contributed by atoms with Gasteiger partial charge in [-0.2, -0.15) is 0 Å². The predicted octanol–water partition coefficient (Wildman–Crippen LogP) is 3.47. The molecule has 0 bridgehead atoms. The SMILES string of the molecule is Cc1cc2c(cc1C)OC(N1CCOCC1)C(c1ccccc1)O2. The highest BCUT2D eigenvalue weighted by Crippen LogP contribution is 2.42. The molecule has 2 aliphatic heterocycles. The summed E-state index contributed by atoms with van der Waals surface area (Å²) in [6, 6.07) is 14.5. The van der Waals surface area contributed by atoms with Crippen LogP contribution in [0.25, 0.3) is 0 Å². The minimum atomic E-state index is -0.140. The zero-order chi connectivity index (χ0) is 16.5.